The zero-order chi connectivity index (χ0) is 15.0. The molecule has 0 saturated heterocycles. The minimum absolute atomic E-state index is 0.334. The van der Waals surface area contributed by atoms with Gasteiger partial charge in [0, 0.05) is 18.9 Å². The fraction of sp³-hybridized carbons (Fsp3) is 0.133. The second-order valence-electron chi connectivity index (χ2n) is 4.81. The smallest absolute Gasteiger partial charge is 0.257 e. The Hall–Kier alpha value is -2.76. The third-order valence-corrected chi connectivity index (χ3v) is 3.31. The molecule has 3 rings (SSSR count). The number of hydrogen-bond donors (Lipinski definition) is 1. The molecule has 2 aromatic heterocycles. The molecule has 0 saturated carbocycles. The van der Waals surface area contributed by atoms with Gasteiger partial charge in [0.2, 0.25) is 0 Å². The highest BCUT2D eigenvalue weighted by atomic mass is 19.1. The molecule has 0 aliphatic carbocycles. The molecule has 0 fully saturated rings. The topological polar surface area (TPSA) is 59.8 Å². The van der Waals surface area contributed by atoms with Crippen molar-refractivity contribution in [3.63, 3.8) is 0 Å². The molecule has 0 aliphatic rings. The van der Waals surface area contributed by atoms with Gasteiger partial charge in [0.25, 0.3) is 5.91 Å². The molecular weight excluding hydrogens is 271 g/mol. The van der Waals surface area contributed by atoms with Crippen LogP contribution in [0.3, 0.4) is 0 Å². The van der Waals surface area contributed by atoms with E-state index in [0.717, 1.165) is 16.6 Å². The number of halogens is 1. The lowest BCUT2D eigenvalue weighted by atomic mass is 10.2. The van der Waals surface area contributed by atoms with Crippen LogP contribution in [-0.2, 0) is 7.05 Å². The molecule has 1 aromatic carbocycles. The van der Waals surface area contributed by atoms with Gasteiger partial charge >= 0.3 is 0 Å². The second-order valence-corrected chi connectivity index (χ2v) is 4.81. The molecule has 0 atom stereocenters. The van der Waals surface area contributed by atoms with Crippen molar-refractivity contribution in [2.75, 3.05) is 5.32 Å². The number of pyridine rings is 1. The van der Waals surface area contributed by atoms with Crippen molar-refractivity contribution in [3.05, 3.63) is 53.6 Å². The number of amides is 1. The van der Waals surface area contributed by atoms with Crippen LogP contribution in [0, 0.1) is 12.7 Å². The maximum atomic E-state index is 13.2. The van der Waals surface area contributed by atoms with Crippen molar-refractivity contribution >= 4 is 22.6 Å². The molecule has 3 aromatic rings. The van der Waals surface area contributed by atoms with Crippen LogP contribution in [0.15, 0.2) is 36.7 Å². The van der Waals surface area contributed by atoms with Gasteiger partial charge in [0.1, 0.15) is 11.3 Å². The molecular formula is C15H13FN4O. The molecule has 0 unspecified atom stereocenters. The van der Waals surface area contributed by atoms with Crippen LogP contribution in [0.5, 0.6) is 0 Å². The van der Waals surface area contributed by atoms with Crippen molar-refractivity contribution in [2.24, 2.45) is 7.05 Å². The van der Waals surface area contributed by atoms with E-state index in [1.165, 1.54) is 18.3 Å². The number of carbonyl (C=O) groups excluding carboxylic acids is 1. The van der Waals surface area contributed by atoms with Gasteiger partial charge in [0.05, 0.1) is 17.3 Å². The first kappa shape index (κ1) is 13.2. The summed E-state index contributed by atoms with van der Waals surface area (Å²) in [4.78, 5) is 16.4. The second kappa shape index (κ2) is 4.97. The maximum absolute atomic E-state index is 13.2. The summed E-state index contributed by atoms with van der Waals surface area (Å²) in [6.45, 7) is 1.80. The number of nitrogens with zero attached hydrogens (tertiary/aromatic N) is 3. The number of fused-ring (bicyclic) bond motifs is 1. The predicted octanol–water partition coefficient (Wildman–Crippen LogP) is 2.67. The van der Waals surface area contributed by atoms with Crippen molar-refractivity contribution in [2.45, 2.75) is 6.92 Å². The van der Waals surface area contributed by atoms with Gasteiger partial charge in [-0.2, -0.15) is 5.10 Å². The van der Waals surface area contributed by atoms with Gasteiger partial charge in [-0.25, -0.2) is 4.39 Å². The molecule has 6 heteroatoms. The normalized spacial score (nSPS) is 10.8. The van der Waals surface area contributed by atoms with E-state index in [9.17, 15) is 9.18 Å². The van der Waals surface area contributed by atoms with Crippen LogP contribution in [0.2, 0.25) is 0 Å². The summed E-state index contributed by atoms with van der Waals surface area (Å²) in [5.41, 5.74) is 3.12. The first-order valence-corrected chi connectivity index (χ1v) is 6.40. The average molecular weight is 284 g/mol. The molecule has 2 heterocycles. The zero-order valence-electron chi connectivity index (χ0n) is 11.6. The molecule has 0 radical (unpaired) electrons. The number of rotatable bonds is 2. The lowest BCUT2D eigenvalue weighted by Gasteiger charge is -2.08. The summed E-state index contributed by atoms with van der Waals surface area (Å²) in [7, 11) is 1.78. The Labute approximate surface area is 120 Å². The van der Waals surface area contributed by atoms with E-state index in [1.807, 2.05) is 0 Å². The van der Waals surface area contributed by atoms with Gasteiger partial charge in [-0.1, -0.05) is 6.07 Å². The van der Waals surface area contributed by atoms with E-state index in [0.29, 0.717) is 11.3 Å². The Kier molecular flexibility index (Phi) is 3.13. The Balaban J connectivity index is 1.93. The quantitative estimate of drug-likeness (QED) is 0.787. The zero-order valence-corrected chi connectivity index (χ0v) is 11.6. The van der Waals surface area contributed by atoms with Crippen molar-refractivity contribution in [3.8, 4) is 0 Å². The lowest BCUT2D eigenvalue weighted by Crippen LogP contribution is -2.13. The predicted molar refractivity (Wildman–Crippen MR) is 77.6 cm³/mol. The van der Waals surface area contributed by atoms with E-state index in [1.54, 1.807) is 37.0 Å². The summed E-state index contributed by atoms with van der Waals surface area (Å²) in [5, 5.41) is 6.77. The number of hydrogen-bond acceptors (Lipinski definition) is 3. The van der Waals surface area contributed by atoms with Gasteiger partial charge in [-0.3, -0.25) is 14.5 Å². The van der Waals surface area contributed by atoms with E-state index in [2.05, 4.69) is 15.4 Å². The Morgan fingerprint density at radius 3 is 2.90 bits per heavy atom. The lowest BCUT2D eigenvalue weighted by molar-refractivity contribution is 0.102. The number of anilines is 1. The minimum atomic E-state index is -0.392. The first-order valence-electron chi connectivity index (χ1n) is 6.40. The average Bonchev–Trinajstić information content (AvgIpc) is 2.84. The third-order valence-electron chi connectivity index (χ3n) is 3.31. The molecule has 1 N–H and O–H groups in total. The van der Waals surface area contributed by atoms with Crippen LogP contribution < -0.4 is 5.32 Å². The SMILES string of the molecule is Cc1ccc(F)cc1NC(=O)c1cnc2cnn(C)c2c1. The summed E-state index contributed by atoms with van der Waals surface area (Å²) in [6, 6.07) is 5.98. The number of benzene rings is 1. The largest absolute Gasteiger partial charge is 0.322 e. The summed E-state index contributed by atoms with van der Waals surface area (Å²) >= 11 is 0. The summed E-state index contributed by atoms with van der Waals surface area (Å²) in [5.74, 6) is -0.726. The van der Waals surface area contributed by atoms with Gasteiger partial charge in [0.15, 0.2) is 0 Å². The Morgan fingerprint density at radius 1 is 1.29 bits per heavy atom. The third kappa shape index (κ3) is 2.47. The Bertz CT molecular complexity index is 841. The van der Waals surface area contributed by atoms with Crippen molar-refractivity contribution in [1.82, 2.24) is 14.8 Å². The van der Waals surface area contributed by atoms with Crippen molar-refractivity contribution in [1.29, 1.82) is 0 Å². The molecule has 0 aliphatic heterocycles. The molecule has 1 amide bonds. The van der Waals surface area contributed by atoms with Crippen LogP contribution in [0.4, 0.5) is 10.1 Å². The fourth-order valence-corrected chi connectivity index (χ4v) is 2.07. The molecule has 21 heavy (non-hydrogen) atoms. The summed E-state index contributed by atoms with van der Waals surface area (Å²) < 4.78 is 14.9. The monoisotopic (exact) mass is 284 g/mol. The highest BCUT2D eigenvalue weighted by Gasteiger charge is 2.11. The Morgan fingerprint density at radius 2 is 2.10 bits per heavy atom. The van der Waals surface area contributed by atoms with Crippen LogP contribution in [-0.4, -0.2) is 20.7 Å². The molecule has 106 valence electrons. The summed E-state index contributed by atoms with van der Waals surface area (Å²) in [6.07, 6.45) is 3.11. The standard InChI is InChI=1S/C15H13FN4O/c1-9-3-4-11(16)6-12(9)19-15(21)10-5-14-13(17-7-10)8-18-20(14)2/h3-8H,1-2H3,(H,19,21). The van der Waals surface area contributed by atoms with E-state index >= 15 is 0 Å². The van der Waals surface area contributed by atoms with Crippen molar-refractivity contribution < 1.29 is 9.18 Å². The van der Waals surface area contributed by atoms with Crippen LogP contribution in [0.25, 0.3) is 11.0 Å². The van der Waals surface area contributed by atoms with Gasteiger partial charge < -0.3 is 5.32 Å². The molecule has 5 nitrogen and oxygen atoms in total. The van der Waals surface area contributed by atoms with Gasteiger partial charge in [-0.05, 0) is 30.7 Å². The highest BCUT2D eigenvalue weighted by molar-refractivity contribution is 6.05. The molecule has 0 bridgehead atoms. The van der Waals surface area contributed by atoms with E-state index < -0.39 is 5.82 Å². The maximum Gasteiger partial charge on any atom is 0.257 e. The fourth-order valence-electron chi connectivity index (χ4n) is 2.07. The van der Waals surface area contributed by atoms with E-state index in [-0.39, 0.29) is 5.91 Å². The highest BCUT2D eigenvalue weighted by Crippen LogP contribution is 2.18. The number of aryl methyl sites for hydroxylation is 2. The van der Waals surface area contributed by atoms with Gasteiger partial charge in [-0.15, -0.1) is 0 Å². The number of aromatic nitrogens is 3. The van der Waals surface area contributed by atoms with Crippen LogP contribution >= 0.6 is 0 Å². The number of carbonyl (C=O) groups is 1. The van der Waals surface area contributed by atoms with Crippen LogP contribution in [0.1, 0.15) is 15.9 Å². The number of nitrogens with one attached hydrogen (secondary N) is 1. The molecule has 0 spiro atoms. The van der Waals surface area contributed by atoms with E-state index in [4.69, 9.17) is 0 Å². The minimum Gasteiger partial charge on any atom is -0.322 e. The first-order chi connectivity index (χ1) is 10.0.